The van der Waals surface area contributed by atoms with Crippen LogP contribution in [0.3, 0.4) is 0 Å². The van der Waals surface area contributed by atoms with Crippen molar-refractivity contribution >= 4 is 52.5 Å². The number of benzene rings is 3. The molecule has 6 amide bonds. The van der Waals surface area contributed by atoms with E-state index in [2.05, 4.69) is 44.8 Å². The number of morpholine rings is 1. The molecular formula is C48H50FN11O7. The molecule has 0 bridgehead atoms. The summed E-state index contributed by atoms with van der Waals surface area (Å²) >= 11 is 0. The van der Waals surface area contributed by atoms with Crippen molar-refractivity contribution < 1.29 is 37.8 Å². The van der Waals surface area contributed by atoms with E-state index < -0.39 is 35.5 Å². The Morgan fingerprint density at radius 2 is 1.51 bits per heavy atom. The van der Waals surface area contributed by atoms with E-state index in [-0.39, 0.29) is 47.8 Å². The lowest BCUT2D eigenvalue weighted by molar-refractivity contribution is -0.136. The fourth-order valence-corrected chi connectivity index (χ4v) is 9.41. The van der Waals surface area contributed by atoms with Crippen LogP contribution < -0.4 is 35.4 Å². The normalized spacial score (nSPS) is 19.4. The molecule has 1 atom stereocenters. The minimum absolute atomic E-state index is 0.00869. The first-order chi connectivity index (χ1) is 32.5. The third-order valence-corrected chi connectivity index (χ3v) is 13.0. The number of anilines is 4. The monoisotopic (exact) mass is 911 g/mol. The largest absolute Gasteiger partial charge is 0.460 e. The maximum absolute atomic E-state index is 15.4. The summed E-state index contributed by atoms with van der Waals surface area (Å²) in [5.41, 5.74) is 4.79. The van der Waals surface area contributed by atoms with Gasteiger partial charge in [-0.15, -0.1) is 0 Å². The van der Waals surface area contributed by atoms with E-state index in [0.717, 1.165) is 78.3 Å². The number of carbonyl (C=O) groups excluding carboxylic acids is 5. The van der Waals surface area contributed by atoms with E-state index in [1.54, 1.807) is 9.58 Å². The van der Waals surface area contributed by atoms with Gasteiger partial charge >= 0.3 is 12.0 Å². The Kier molecular flexibility index (Phi) is 12.0. The quantitative estimate of drug-likeness (QED) is 0.161. The second-order valence-electron chi connectivity index (χ2n) is 17.5. The van der Waals surface area contributed by atoms with Crippen molar-refractivity contribution in [3.05, 3.63) is 102 Å². The van der Waals surface area contributed by atoms with Gasteiger partial charge < -0.3 is 34.8 Å². The Labute approximate surface area is 385 Å². The Hall–Kier alpha value is -7.41. The van der Waals surface area contributed by atoms with Crippen LogP contribution in [-0.4, -0.2) is 125 Å². The van der Waals surface area contributed by atoms with Crippen molar-refractivity contribution in [2.75, 3.05) is 72.5 Å². The van der Waals surface area contributed by atoms with Crippen molar-refractivity contribution in [1.29, 1.82) is 0 Å². The third kappa shape index (κ3) is 9.23. The van der Waals surface area contributed by atoms with E-state index in [1.807, 2.05) is 54.7 Å². The lowest BCUT2D eigenvalue weighted by Gasteiger charge is -2.34. The Morgan fingerprint density at radius 3 is 2.24 bits per heavy atom. The molecule has 7 heterocycles. The van der Waals surface area contributed by atoms with Gasteiger partial charge in [-0.3, -0.25) is 29.4 Å². The number of amides is 6. The molecule has 5 aliphatic heterocycles. The molecule has 0 aliphatic carbocycles. The highest BCUT2D eigenvalue weighted by molar-refractivity contribution is 6.23. The zero-order valence-corrected chi connectivity index (χ0v) is 37.0. The topological polar surface area (TPSA) is 196 Å². The van der Waals surface area contributed by atoms with Gasteiger partial charge in [-0.2, -0.15) is 15.1 Å². The first-order valence-corrected chi connectivity index (χ1v) is 22.8. The average molecular weight is 912 g/mol. The summed E-state index contributed by atoms with van der Waals surface area (Å²) in [6.45, 7) is 7.06. The zero-order chi connectivity index (χ0) is 46.2. The van der Waals surface area contributed by atoms with Crippen LogP contribution >= 0.6 is 0 Å². The van der Waals surface area contributed by atoms with E-state index in [4.69, 9.17) is 24.5 Å². The molecule has 346 valence electrons. The minimum atomic E-state index is -1.14. The molecule has 3 N–H and O–H groups in total. The van der Waals surface area contributed by atoms with E-state index in [0.29, 0.717) is 56.7 Å². The molecular weight excluding hydrogens is 862 g/mol. The summed E-state index contributed by atoms with van der Waals surface area (Å²) in [5, 5.41) is 13.0. The first-order valence-electron chi connectivity index (χ1n) is 22.8. The second kappa shape index (κ2) is 18.5. The number of ether oxygens (including phenoxy) is 2. The molecule has 10 rings (SSSR count). The number of hydrogen-bond donors (Lipinski definition) is 3. The van der Waals surface area contributed by atoms with Gasteiger partial charge in [0.15, 0.2) is 5.82 Å². The molecule has 0 saturated carbocycles. The van der Waals surface area contributed by atoms with Crippen LogP contribution in [-0.2, 0) is 14.3 Å². The number of aromatic nitrogens is 4. The summed E-state index contributed by atoms with van der Waals surface area (Å²) in [6, 6.07) is 20.9. The van der Waals surface area contributed by atoms with Gasteiger partial charge in [-0.05, 0) is 74.7 Å². The van der Waals surface area contributed by atoms with Crippen LogP contribution in [0.2, 0.25) is 0 Å². The van der Waals surface area contributed by atoms with Gasteiger partial charge in [0.1, 0.15) is 23.8 Å². The number of rotatable bonds is 10. The molecule has 4 saturated heterocycles. The summed E-state index contributed by atoms with van der Waals surface area (Å²) < 4.78 is 29.3. The molecule has 19 heteroatoms. The molecule has 5 aromatic rings. The number of urea groups is 1. The van der Waals surface area contributed by atoms with Gasteiger partial charge in [0.25, 0.3) is 11.8 Å². The van der Waals surface area contributed by atoms with Gasteiger partial charge in [0.2, 0.25) is 11.8 Å². The number of fused-ring (bicyclic) bond motifs is 1. The minimum Gasteiger partial charge on any atom is -0.460 e. The van der Waals surface area contributed by atoms with Gasteiger partial charge in [-0.1, -0.05) is 23.8 Å². The number of carbonyl (C=O) groups is 5. The van der Waals surface area contributed by atoms with Crippen LogP contribution in [0.1, 0.15) is 64.8 Å². The Morgan fingerprint density at radius 1 is 0.791 bits per heavy atom. The lowest BCUT2D eigenvalue weighted by Crippen LogP contribution is -2.54. The third-order valence-electron chi connectivity index (χ3n) is 13.0. The Balaban J connectivity index is 0.707. The number of halogens is 1. The fraction of sp³-hybridized carbons (Fsp3) is 0.375. The summed E-state index contributed by atoms with van der Waals surface area (Å²) in [4.78, 5) is 80.3. The van der Waals surface area contributed by atoms with E-state index >= 15 is 4.39 Å². The predicted octanol–water partition coefficient (Wildman–Crippen LogP) is 4.85. The number of nitrogens with one attached hydrogen (secondary N) is 3. The van der Waals surface area contributed by atoms with Crippen molar-refractivity contribution in [1.82, 2.24) is 35.3 Å². The van der Waals surface area contributed by atoms with Crippen molar-refractivity contribution in [2.45, 2.75) is 63.6 Å². The number of imide groups is 2. The SMILES string of the molecule is Cc1cccc(-c2ccn(-c3cc(N4CCOCC4)nc(OC4CCN(c5ccc(NC(=O)NC6CCN(c7cc8c(cc7F)C(=O)N(C7CCC(=O)NC7=O)C8=O)CC6)cc5)CC4)n3)n2)c1. The molecule has 0 radical (unpaired) electrons. The van der Waals surface area contributed by atoms with Gasteiger partial charge in [0, 0.05) is 93.8 Å². The summed E-state index contributed by atoms with van der Waals surface area (Å²) in [5.74, 6) is -1.92. The number of aryl methyl sites for hydroxylation is 1. The van der Waals surface area contributed by atoms with Crippen LogP contribution in [0, 0.1) is 12.7 Å². The van der Waals surface area contributed by atoms with Crippen LogP contribution in [0.4, 0.5) is 32.1 Å². The fourth-order valence-electron chi connectivity index (χ4n) is 9.41. The standard InChI is InChI=1S/C48H50FN11O7/c1-29-3-2-4-30(25-29)38-15-20-59(55-38)42-28-41(58-21-23-66-24-22-58)52-48(53-42)67-34-13-18-56(19-14-34)33-7-5-31(6-8-33)50-47(65)51-32-11-16-57(17-12-32)40-27-36-35(26-37(40)49)45(63)60(46(36)64)39-9-10-43(61)54-44(39)62/h2-8,15,20,25-28,32,34,39H,9-14,16-19,21-24H2,1H3,(H2,50,51,65)(H,54,61,62). The van der Waals surface area contributed by atoms with E-state index in [9.17, 15) is 24.0 Å². The van der Waals surface area contributed by atoms with Gasteiger partial charge in [0.05, 0.1) is 35.7 Å². The molecule has 3 aromatic carbocycles. The highest BCUT2D eigenvalue weighted by Gasteiger charge is 2.45. The highest BCUT2D eigenvalue weighted by atomic mass is 19.1. The number of hydrogen-bond acceptors (Lipinski definition) is 13. The molecule has 67 heavy (non-hydrogen) atoms. The van der Waals surface area contributed by atoms with Crippen LogP contribution in [0.15, 0.2) is 79.0 Å². The number of nitrogens with zero attached hydrogens (tertiary/aromatic N) is 8. The van der Waals surface area contributed by atoms with Gasteiger partial charge in [-0.25, -0.2) is 13.9 Å². The zero-order valence-electron chi connectivity index (χ0n) is 37.0. The van der Waals surface area contributed by atoms with E-state index in [1.165, 1.54) is 6.07 Å². The number of piperidine rings is 3. The van der Waals surface area contributed by atoms with Crippen molar-refractivity contribution in [3.8, 4) is 23.1 Å². The summed E-state index contributed by atoms with van der Waals surface area (Å²) in [7, 11) is 0. The second-order valence-corrected chi connectivity index (χ2v) is 17.5. The summed E-state index contributed by atoms with van der Waals surface area (Å²) in [6.07, 6.45) is 4.40. The molecule has 5 aliphatic rings. The molecule has 0 spiro atoms. The maximum atomic E-state index is 15.4. The van der Waals surface area contributed by atoms with Crippen LogP contribution in [0.5, 0.6) is 6.01 Å². The average Bonchev–Trinajstić information content (AvgIpc) is 3.92. The predicted molar refractivity (Wildman–Crippen MR) is 245 cm³/mol. The molecule has 18 nitrogen and oxygen atoms in total. The maximum Gasteiger partial charge on any atom is 0.320 e. The molecule has 1 unspecified atom stereocenters. The first kappa shape index (κ1) is 43.5. The van der Waals surface area contributed by atoms with Crippen LogP contribution in [0.25, 0.3) is 17.1 Å². The highest BCUT2D eigenvalue weighted by Crippen LogP contribution is 2.34. The molecule has 2 aromatic heterocycles. The smallest absolute Gasteiger partial charge is 0.320 e. The molecule has 4 fully saturated rings. The lowest BCUT2D eigenvalue weighted by atomic mass is 10.0. The van der Waals surface area contributed by atoms with Crippen molar-refractivity contribution in [2.24, 2.45) is 0 Å². The Bertz CT molecular complexity index is 2730. The van der Waals surface area contributed by atoms with Crippen molar-refractivity contribution in [3.63, 3.8) is 0 Å².